The number of carboxylic acid groups (broad SMARTS) is 1. The second-order valence-corrected chi connectivity index (χ2v) is 9.17. The van der Waals surface area contributed by atoms with Crippen molar-refractivity contribution in [3.8, 4) is 0 Å². The Bertz CT molecular complexity index is 883. The smallest absolute Gasteiger partial charge is 0.311 e. The van der Waals surface area contributed by atoms with Crippen LogP contribution in [-0.4, -0.2) is 31.9 Å². The van der Waals surface area contributed by atoms with Crippen LogP contribution in [-0.2, 0) is 14.6 Å². The molecule has 0 spiro atoms. The van der Waals surface area contributed by atoms with Crippen LogP contribution >= 0.6 is 11.3 Å². The van der Waals surface area contributed by atoms with E-state index in [1.54, 1.807) is 32.0 Å². The third-order valence-corrected chi connectivity index (χ3v) is 7.86. The third kappa shape index (κ3) is 3.96. The summed E-state index contributed by atoms with van der Waals surface area (Å²) in [4.78, 5) is 24.2. The number of nitrogens with one attached hydrogen (secondary N) is 1. The largest absolute Gasteiger partial charge is 0.481 e. The van der Waals surface area contributed by atoms with E-state index in [2.05, 4.69) is 5.32 Å². The molecule has 0 bridgehead atoms. The molecule has 1 aromatic carbocycles. The molecule has 0 radical (unpaired) electrons. The van der Waals surface area contributed by atoms with Gasteiger partial charge in [-0.1, -0.05) is 32.0 Å². The van der Waals surface area contributed by atoms with Crippen LogP contribution in [0.1, 0.15) is 36.4 Å². The monoisotopic (exact) mass is 395 g/mol. The summed E-state index contributed by atoms with van der Waals surface area (Å²) >= 11 is 0.870. The van der Waals surface area contributed by atoms with Crippen LogP contribution in [0.2, 0.25) is 0 Å². The molecule has 0 saturated heterocycles. The van der Waals surface area contributed by atoms with Crippen LogP contribution in [0.4, 0.5) is 0 Å². The topological polar surface area (TPSA) is 101 Å². The second-order valence-electron chi connectivity index (χ2n) is 5.91. The Balaban J connectivity index is 2.17. The summed E-state index contributed by atoms with van der Waals surface area (Å²) in [6.45, 7) is 3.52. The van der Waals surface area contributed by atoms with Crippen molar-refractivity contribution in [3.05, 3.63) is 47.3 Å². The number of carboxylic acids is 1. The third-order valence-electron chi connectivity index (χ3n) is 4.52. The first-order valence-corrected chi connectivity index (χ1v) is 10.5. The van der Waals surface area contributed by atoms with Crippen LogP contribution < -0.4 is 5.32 Å². The summed E-state index contributed by atoms with van der Waals surface area (Å²) in [5.41, 5.74) is -1.02. The van der Waals surface area contributed by atoms with Crippen LogP contribution in [0.15, 0.2) is 51.6 Å². The number of aliphatic carboxylic acids is 1. The minimum atomic E-state index is -3.67. The number of rotatable bonds is 8. The molecule has 0 fully saturated rings. The summed E-state index contributed by atoms with van der Waals surface area (Å²) < 4.78 is 25.2. The summed E-state index contributed by atoms with van der Waals surface area (Å²) in [5.74, 6) is -1.43. The molecule has 0 aliphatic rings. The highest BCUT2D eigenvalue weighted by atomic mass is 32.2. The van der Waals surface area contributed by atoms with E-state index in [9.17, 15) is 23.1 Å². The van der Waals surface area contributed by atoms with Crippen LogP contribution in [0.25, 0.3) is 0 Å². The standard InChI is InChI=1S/C18H21NO5S2/c1-3-18(4-2,17(21)22)12-19-16(20)14-10-11-15(25-14)26(23,24)13-8-6-5-7-9-13/h5-11H,3-4,12H2,1-2H3,(H,19,20)(H,21,22). The fraction of sp³-hybridized carbons (Fsp3) is 0.333. The first kappa shape index (κ1) is 20.1. The number of hydrogen-bond acceptors (Lipinski definition) is 5. The van der Waals surface area contributed by atoms with E-state index in [0.717, 1.165) is 11.3 Å². The van der Waals surface area contributed by atoms with Gasteiger partial charge in [-0.2, -0.15) is 0 Å². The van der Waals surface area contributed by atoms with Crippen molar-refractivity contribution in [3.63, 3.8) is 0 Å². The maximum atomic E-state index is 12.6. The molecule has 0 atom stereocenters. The molecule has 0 saturated carbocycles. The van der Waals surface area contributed by atoms with Crippen molar-refractivity contribution in [1.82, 2.24) is 5.32 Å². The Morgan fingerprint density at radius 3 is 2.23 bits per heavy atom. The Morgan fingerprint density at radius 2 is 1.69 bits per heavy atom. The van der Waals surface area contributed by atoms with Gasteiger partial charge in [0.05, 0.1) is 15.2 Å². The zero-order valence-electron chi connectivity index (χ0n) is 14.6. The van der Waals surface area contributed by atoms with Crippen LogP contribution in [0.3, 0.4) is 0 Å². The van der Waals surface area contributed by atoms with Gasteiger partial charge in [-0.15, -0.1) is 11.3 Å². The minimum absolute atomic E-state index is 0.00711. The fourth-order valence-corrected chi connectivity index (χ4v) is 5.16. The van der Waals surface area contributed by atoms with Crippen molar-refractivity contribution < 1.29 is 23.1 Å². The molecule has 0 unspecified atom stereocenters. The van der Waals surface area contributed by atoms with Crippen LogP contribution in [0, 0.1) is 5.41 Å². The zero-order valence-corrected chi connectivity index (χ0v) is 16.2. The van der Waals surface area contributed by atoms with Gasteiger partial charge in [0.25, 0.3) is 5.91 Å². The molecule has 26 heavy (non-hydrogen) atoms. The maximum Gasteiger partial charge on any atom is 0.311 e. The highest BCUT2D eigenvalue weighted by molar-refractivity contribution is 7.93. The number of amides is 1. The summed E-state index contributed by atoms with van der Waals surface area (Å²) in [7, 11) is -3.67. The van der Waals surface area contributed by atoms with E-state index in [4.69, 9.17) is 0 Å². The SMILES string of the molecule is CCC(CC)(CNC(=O)c1ccc(S(=O)(=O)c2ccccc2)s1)C(=O)O. The predicted molar refractivity (Wildman–Crippen MR) is 99.2 cm³/mol. The van der Waals surface area contributed by atoms with Gasteiger partial charge in [0.15, 0.2) is 0 Å². The maximum absolute atomic E-state index is 12.6. The lowest BCUT2D eigenvalue weighted by molar-refractivity contribution is -0.149. The number of sulfone groups is 1. The van der Waals surface area contributed by atoms with Gasteiger partial charge in [-0.25, -0.2) is 8.42 Å². The van der Waals surface area contributed by atoms with E-state index in [1.165, 1.54) is 24.3 Å². The van der Waals surface area contributed by atoms with Gasteiger partial charge in [0.2, 0.25) is 9.84 Å². The van der Waals surface area contributed by atoms with E-state index < -0.39 is 27.1 Å². The van der Waals surface area contributed by atoms with Crippen molar-refractivity contribution in [2.24, 2.45) is 5.41 Å². The number of carbonyl (C=O) groups excluding carboxylic acids is 1. The lowest BCUT2D eigenvalue weighted by Gasteiger charge is -2.26. The number of hydrogen-bond donors (Lipinski definition) is 2. The molecule has 8 heteroatoms. The normalized spacial score (nSPS) is 11.9. The van der Waals surface area contributed by atoms with Crippen LogP contribution in [0.5, 0.6) is 0 Å². The molecule has 1 aromatic heterocycles. The molecular formula is C18H21NO5S2. The Kier molecular flexibility index (Phi) is 6.20. The molecule has 2 N–H and O–H groups in total. The molecule has 6 nitrogen and oxygen atoms in total. The molecule has 140 valence electrons. The molecule has 2 aromatic rings. The van der Waals surface area contributed by atoms with E-state index in [-0.39, 0.29) is 20.5 Å². The van der Waals surface area contributed by atoms with Gasteiger partial charge < -0.3 is 10.4 Å². The Labute approximate surface area is 156 Å². The first-order chi connectivity index (χ1) is 12.3. The summed E-state index contributed by atoms with van der Waals surface area (Å²) in [5, 5.41) is 12.0. The minimum Gasteiger partial charge on any atom is -0.481 e. The fourth-order valence-electron chi connectivity index (χ4n) is 2.52. The summed E-state index contributed by atoms with van der Waals surface area (Å²) in [6.07, 6.45) is 0.772. The number of benzene rings is 1. The van der Waals surface area contributed by atoms with Gasteiger partial charge >= 0.3 is 5.97 Å². The highest BCUT2D eigenvalue weighted by Gasteiger charge is 2.35. The first-order valence-electron chi connectivity index (χ1n) is 8.18. The van der Waals surface area contributed by atoms with Crippen molar-refractivity contribution >= 4 is 33.1 Å². The molecule has 1 amide bonds. The van der Waals surface area contributed by atoms with E-state index >= 15 is 0 Å². The Morgan fingerprint density at radius 1 is 1.08 bits per heavy atom. The van der Waals surface area contributed by atoms with Gasteiger partial charge in [-0.3, -0.25) is 9.59 Å². The second kappa shape index (κ2) is 8.01. The van der Waals surface area contributed by atoms with E-state index in [0.29, 0.717) is 12.8 Å². The molecule has 1 heterocycles. The van der Waals surface area contributed by atoms with Gasteiger partial charge in [-0.05, 0) is 37.1 Å². The average Bonchev–Trinajstić information content (AvgIpc) is 3.14. The predicted octanol–water partition coefficient (Wildman–Crippen LogP) is 3.20. The number of carbonyl (C=O) groups is 2. The van der Waals surface area contributed by atoms with Crippen molar-refractivity contribution in [2.45, 2.75) is 35.8 Å². The average molecular weight is 396 g/mol. The van der Waals surface area contributed by atoms with E-state index in [1.807, 2.05) is 0 Å². The van der Waals surface area contributed by atoms with Gasteiger partial charge in [0.1, 0.15) is 4.21 Å². The Hall–Kier alpha value is -2.19. The van der Waals surface area contributed by atoms with Crippen molar-refractivity contribution in [1.29, 1.82) is 0 Å². The van der Waals surface area contributed by atoms with Gasteiger partial charge in [0, 0.05) is 6.54 Å². The summed E-state index contributed by atoms with van der Waals surface area (Å²) in [6, 6.07) is 10.8. The zero-order chi connectivity index (χ0) is 19.4. The molecule has 0 aliphatic carbocycles. The highest BCUT2D eigenvalue weighted by Crippen LogP contribution is 2.29. The molecular weight excluding hydrogens is 374 g/mol. The number of thiophene rings is 1. The van der Waals surface area contributed by atoms with Crippen molar-refractivity contribution in [2.75, 3.05) is 6.54 Å². The lowest BCUT2D eigenvalue weighted by atomic mass is 9.82. The quantitative estimate of drug-likeness (QED) is 0.715. The molecule has 0 aliphatic heterocycles. The lowest BCUT2D eigenvalue weighted by Crippen LogP contribution is -2.42. The molecule has 2 rings (SSSR count).